The third kappa shape index (κ3) is 3.64. The van der Waals surface area contributed by atoms with Crippen molar-refractivity contribution in [3.8, 4) is 0 Å². The van der Waals surface area contributed by atoms with Crippen molar-refractivity contribution in [2.45, 2.75) is 12.8 Å². The maximum absolute atomic E-state index is 12.4. The van der Waals surface area contributed by atoms with Crippen molar-refractivity contribution >= 4 is 17.8 Å². The lowest BCUT2D eigenvalue weighted by molar-refractivity contribution is -0.131. The number of nitrogens with zero attached hydrogens (tertiary/aromatic N) is 3. The number of urea groups is 1. The number of aliphatic hydroxyl groups is 1. The van der Waals surface area contributed by atoms with Crippen molar-refractivity contribution < 1.29 is 19.5 Å². The fourth-order valence-corrected chi connectivity index (χ4v) is 3.73. The zero-order valence-electron chi connectivity index (χ0n) is 13.2. The largest absolute Gasteiger partial charge is 0.396 e. The molecule has 128 valence electrons. The molecular weight excluding hydrogens is 300 g/mol. The fraction of sp³-hybridized carbons (Fsp3) is 0.800. The van der Waals surface area contributed by atoms with E-state index >= 15 is 0 Å². The number of hydrogen-bond donors (Lipinski definition) is 2. The second-order valence-electron chi connectivity index (χ2n) is 6.72. The lowest BCUT2D eigenvalue weighted by Gasteiger charge is -2.23. The summed E-state index contributed by atoms with van der Waals surface area (Å²) in [5, 5.41) is 11.8. The number of rotatable bonds is 5. The van der Waals surface area contributed by atoms with Gasteiger partial charge >= 0.3 is 6.03 Å². The van der Waals surface area contributed by atoms with Gasteiger partial charge < -0.3 is 19.8 Å². The molecular formula is C15H24N4O4. The van der Waals surface area contributed by atoms with Crippen molar-refractivity contribution in [1.29, 1.82) is 0 Å². The molecule has 3 heterocycles. The summed E-state index contributed by atoms with van der Waals surface area (Å²) in [6, 6.07) is -0.505. The van der Waals surface area contributed by atoms with Crippen molar-refractivity contribution in [3.05, 3.63) is 0 Å². The summed E-state index contributed by atoms with van der Waals surface area (Å²) in [6.45, 7) is 4.19. The lowest BCUT2D eigenvalue weighted by atomic mass is 9.96. The first-order chi connectivity index (χ1) is 11.1. The number of likely N-dealkylation sites (tertiary alicyclic amines) is 2. The summed E-state index contributed by atoms with van der Waals surface area (Å²) < 4.78 is 0. The van der Waals surface area contributed by atoms with Crippen LogP contribution in [0.1, 0.15) is 12.8 Å². The van der Waals surface area contributed by atoms with Gasteiger partial charge in [-0.05, 0) is 31.8 Å². The van der Waals surface area contributed by atoms with Crippen LogP contribution in [0.3, 0.4) is 0 Å². The second kappa shape index (κ2) is 6.84. The molecule has 3 fully saturated rings. The predicted molar refractivity (Wildman–Crippen MR) is 81.4 cm³/mol. The van der Waals surface area contributed by atoms with E-state index in [1.807, 2.05) is 0 Å². The van der Waals surface area contributed by atoms with Crippen LogP contribution in [0, 0.1) is 11.8 Å². The molecule has 0 saturated carbocycles. The third-order valence-corrected chi connectivity index (χ3v) is 5.05. The van der Waals surface area contributed by atoms with Crippen LogP contribution in [-0.2, 0) is 9.59 Å². The summed E-state index contributed by atoms with van der Waals surface area (Å²) in [7, 11) is 0. The van der Waals surface area contributed by atoms with E-state index in [0.717, 1.165) is 19.6 Å². The summed E-state index contributed by atoms with van der Waals surface area (Å²) in [4.78, 5) is 40.4. The highest BCUT2D eigenvalue weighted by Gasteiger charge is 2.37. The molecule has 0 aromatic heterocycles. The zero-order valence-corrected chi connectivity index (χ0v) is 13.2. The van der Waals surface area contributed by atoms with Gasteiger partial charge in [-0.2, -0.15) is 0 Å². The standard InChI is InChI=1S/C15H24N4O4/c20-10-12-7-18(6-11(12)5-17-3-1-2-4-17)14(22)9-19-8-13(21)16-15(19)23/h11-12,20H,1-10H2,(H,16,21,23)/t11-,12-/m1/s1. The van der Waals surface area contributed by atoms with Gasteiger partial charge in [0.25, 0.3) is 0 Å². The number of carbonyl (C=O) groups excluding carboxylic acids is 3. The molecule has 0 unspecified atom stereocenters. The Balaban J connectivity index is 1.54. The van der Waals surface area contributed by atoms with E-state index in [4.69, 9.17) is 0 Å². The van der Waals surface area contributed by atoms with Gasteiger partial charge in [0.05, 0.1) is 0 Å². The van der Waals surface area contributed by atoms with E-state index in [9.17, 15) is 19.5 Å². The normalized spacial score (nSPS) is 28.7. The Labute approximate surface area is 135 Å². The van der Waals surface area contributed by atoms with Crippen LogP contribution in [0.25, 0.3) is 0 Å². The Hall–Kier alpha value is -1.67. The molecule has 3 aliphatic heterocycles. The maximum Gasteiger partial charge on any atom is 0.325 e. The molecule has 3 rings (SSSR count). The van der Waals surface area contributed by atoms with Gasteiger partial charge in [-0.25, -0.2) is 4.79 Å². The van der Waals surface area contributed by atoms with Gasteiger partial charge in [0, 0.05) is 32.2 Å². The summed E-state index contributed by atoms with van der Waals surface area (Å²) in [5.74, 6) is -0.161. The second-order valence-corrected chi connectivity index (χ2v) is 6.72. The van der Waals surface area contributed by atoms with E-state index in [1.54, 1.807) is 4.90 Å². The Morgan fingerprint density at radius 3 is 2.48 bits per heavy atom. The Morgan fingerprint density at radius 1 is 1.17 bits per heavy atom. The Bertz CT molecular complexity index is 492. The molecule has 0 bridgehead atoms. The highest BCUT2D eigenvalue weighted by atomic mass is 16.3. The van der Waals surface area contributed by atoms with Gasteiger partial charge in [0.2, 0.25) is 11.8 Å². The number of hydrogen-bond acceptors (Lipinski definition) is 5. The van der Waals surface area contributed by atoms with E-state index in [-0.39, 0.29) is 43.3 Å². The molecule has 3 saturated heterocycles. The average molecular weight is 324 g/mol. The number of carbonyl (C=O) groups is 3. The first kappa shape index (κ1) is 16.2. The van der Waals surface area contributed by atoms with Gasteiger partial charge in [-0.1, -0.05) is 0 Å². The minimum absolute atomic E-state index is 0.0565. The molecule has 3 aliphatic rings. The number of aliphatic hydroxyl groups excluding tert-OH is 1. The van der Waals surface area contributed by atoms with Crippen LogP contribution in [0.15, 0.2) is 0 Å². The Morgan fingerprint density at radius 2 is 1.87 bits per heavy atom. The summed E-state index contributed by atoms with van der Waals surface area (Å²) in [5.41, 5.74) is 0. The van der Waals surface area contributed by atoms with E-state index in [1.165, 1.54) is 17.7 Å². The van der Waals surface area contributed by atoms with Crippen LogP contribution < -0.4 is 5.32 Å². The molecule has 0 radical (unpaired) electrons. The molecule has 0 spiro atoms. The SMILES string of the molecule is O=C1CN(CC(=O)N2C[C@@H](CN3CCCC3)[C@@H](CO)C2)C(=O)N1. The van der Waals surface area contributed by atoms with Gasteiger partial charge in [-0.15, -0.1) is 0 Å². The van der Waals surface area contributed by atoms with Gasteiger partial charge in [-0.3, -0.25) is 14.9 Å². The number of nitrogens with one attached hydrogen (secondary N) is 1. The predicted octanol–water partition coefficient (Wildman–Crippen LogP) is -1.30. The molecule has 23 heavy (non-hydrogen) atoms. The molecule has 8 nitrogen and oxygen atoms in total. The van der Waals surface area contributed by atoms with Crippen molar-refractivity contribution in [1.82, 2.24) is 20.0 Å². The van der Waals surface area contributed by atoms with Crippen molar-refractivity contribution in [2.24, 2.45) is 11.8 Å². The highest BCUT2D eigenvalue weighted by molar-refractivity contribution is 6.03. The Kier molecular flexibility index (Phi) is 4.82. The topological polar surface area (TPSA) is 93.2 Å². The van der Waals surface area contributed by atoms with Crippen LogP contribution in [0.2, 0.25) is 0 Å². The molecule has 0 aromatic rings. The van der Waals surface area contributed by atoms with E-state index < -0.39 is 6.03 Å². The summed E-state index contributed by atoms with van der Waals surface area (Å²) >= 11 is 0. The minimum atomic E-state index is -0.505. The molecule has 2 atom stereocenters. The number of imide groups is 1. The molecule has 0 aliphatic carbocycles. The lowest BCUT2D eigenvalue weighted by Crippen LogP contribution is -2.41. The smallest absolute Gasteiger partial charge is 0.325 e. The average Bonchev–Trinajstić information content (AvgIpc) is 3.21. The third-order valence-electron chi connectivity index (χ3n) is 5.05. The number of amides is 4. The van der Waals surface area contributed by atoms with Crippen LogP contribution >= 0.6 is 0 Å². The minimum Gasteiger partial charge on any atom is -0.396 e. The van der Waals surface area contributed by atoms with Crippen LogP contribution in [0.5, 0.6) is 0 Å². The highest BCUT2D eigenvalue weighted by Crippen LogP contribution is 2.25. The van der Waals surface area contributed by atoms with Crippen molar-refractivity contribution in [3.63, 3.8) is 0 Å². The summed E-state index contributed by atoms with van der Waals surface area (Å²) in [6.07, 6.45) is 2.44. The van der Waals surface area contributed by atoms with Crippen LogP contribution in [-0.4, -0.2) is 90.1 Å². The van der Waals surface area contributed by atoms with Gasteiger partial charge in [0.1, 0.15) is 13.1 Å². The first-order valence-corrected chi connectivity index (χ1v) is 8.26. The van der Waals surface area contributed by atoms with E-state index in [0.29, 0.717) is 13.1 Å². The van der Waals surface area contributed by atoms with E-state index in [2.05, 4.69) is 10.2 Å². The monoisotopic (exact) mass is 324 g/mol. The van der Waals surface area contributed by atoms with Gasteiger partial charge in [0.15, 0.2) is 0 Å². The first-order valence-electron chi connectivity index (χ1n) is 8.26. The maximum atomic E-state index is 12.4. The quantitative estimate of drug-likeness (QED) is 0.613. The fourth-order valence-electron chi connectivity index (χ4n) is 3.73. The molecule has 8 heteroatoms. The molecule has 2 N–H and O–H groups in total. The zero-order chi connectivity index (χ0) is 16.4. The van der Waals surface area contributed by atoms with Crippen molar-refractivity contribution in [2.75, 3.05) is 52.4 Å². The molecule has 4 amide bonds. The molecule has 0 aromatic carbocycles. The van der Waals surface area contributed by atoms with Crippen LogP contribution in [0.4, 0.5) is 4.79 Å².